The second-order valence-electron chi connectivity index (χ2n) is 7.02. The van der Waals surface area contributed by atoms with Gasteiger partial charge in [-0.2, -0.15) is 0 Å². The second-order valence-corrected chi connectivity index (χ2v) is 9.96. The van der Waals surface area contributed by atoms with Crippen LogP contribution in [0, 0.1) is 5.82 Å². The molecular weight excluding hydrogens is 441 g/mol. The SMILES string of the molecule is O=C(Cc1csc(NC(=O)c2ccccc2F)n1)NC1CCS(=O)(=O)c2ccccc21. The van der Waals surface area contributed by atoms with Crippen LogP contribution in [0.3, 0.4) is 0 Å². The van der Waals surface area contributed by atoms with E-state index in [-0.39, 0.29) is 33.7 Å². The first-order valence-electron chi connectivity index (χ1n) is 9.45. The molecule has 0 bridgehead atoms. The molecule has 10 heteroatoms. The van der Waals surface area contributed by atoms with E-state index >= 15 is 0 Å². The third-order valence-corrected chi connectivity index (χ3v) is 7.49. The lowest BCUT2D eigenvalue weighted by atomic mass is 10.0. The van der Waals surface area contributed by atoms with Gasteiger partial charge in [0.1, 0.15) is 5.82 Å². The molecule has 2 aromatic carbocycles. The molecule has 160 valence electrons. The Bertz CT molecular complexity index is 1260. The van der Waals surface area contributed by atoms with E-state index in [1.165, 1.54) is 18.2 Å². The molecule has 1 aliphatic rings. The van der Waals surface area contributed by atoms with Gasteiger partial charge in [-0.05, 0) is 30.2 Å². The first-order chi connectivity index (χ1) is 14.8. The summed E-state index contributed by atoms with van der Waals surface area (Å²) >= 11 is 1.13. The summed E-state index contributed by atoms with van der Waals surface area (Å²) in [6.07, 6.45) is 0.267. The zero-order valence-corrected chi connectivity index (χ0v) is 17.8. The van der Waals surface area contributed by atoms with Crippen LogP contribution in [0.2, 0.25) is 0 Å². The van der Waals surface area contributed by atoms with Crippen LogP contribution in [-0.4, -0.2) is 31.0 Å². The van der Waals surface area contributed by atoms with E-state index < -0.39 is 27.6 Å². The lowest BCUT2D eigenvalue weighted by Gasteiger charge is -2.26. The molecule has 0 radical (unpaired) electrons. The summed E-state index contributed by atoms with van der Waals surface area (Å²) in [5, 5.41) is 7.28. The maximum atomic E-state index is 13.7. The van der Waals surface area contributed by atoms with Crippen LogP contribution in [0.5, 0.6) is 0 Å². The predicted molar refractivity (Wildman–Crippen MR) is 114 cm³/mol. The van der Waals surface area contributed by atoms with Gasteiger partial charge in [0.2, 0.25) is 5.91 Å². The molecule has 0 spiro atoms. The highest BCUT2D eigenvalue weighted by atomic mass is 32.2. The maximum absolute atomic E-state index is 13.7. The first-order valence-corrected chi connectivity index (χ1v) is 12.0. The van der Waals surface area contributed by atoms with E-state index in [1.54, 1.807) is 35.7 Å². The number of hydrogen-bond acceptors (Lipinski definition) is 6. The topological polar surface area (TPSA) is 105 Å². The molecule has 1 unspecified atom stereocenters. The second kappa shape index (κ2) is 8.56. The van der Waals surface area contributed by atoms with Gasteiger partial charge in [0.15, 0.2) is 15.0 Å². The van der Waals surface area contributed by atoms with Crippen LogP contribution >= 0.6 is 11.3 Å². The third kappa shape index (κ3) is 4.64. The van der Waals surface area contributed by atoms with Gasteiger partial charge in [0.05, 0.1) is 34.4 Å². The van der Waals surface area contributed by atoms with Crippen LogP contribution in [0.25, 0.3) is 0 Å². The Morgan fingerprint density at radius 2 is 1.87 bits per heavy atom. The Labute approximate surface area is 182 Å². The van der Waals surface area contributed by atoms with Gasteiger partial charge in [-0.3, -0.25) is 14.9 Å². The van der Waals surface area contributed by atoms with Crippen molar-refractivity contribution >= 4 is 38.1 Å². The number of nitrogens with zero attached hydrogens (tertiary/aromatic N) is 1. The Morgan fingerprint density at radius 1 is 1.13 bits per heavy atom. The van der Waals surface area contributed by atoms with E-state index in [0.29, 0.717) is 17.7 Å². The van der Waals surface area contributed by atoms with Gasteiger partial charge in [-0.1, -0.05) is 30.3 Å². The van der Waals surface area contributed by atoms with Crippen molar-refractivity contribution in [3.05, 3.63) is 76.5 Å². The summed E-state index contributed by atoms with van der Waals surface area (Å²) in [4.78, 5) is 29.2. The molecule has 4 rings (SSSR count). The monoisotopic (exact) mass is 459 g/mol. The number of fused-ring (bicyclic) bond motifs is 1. The number of carbonyl (C=O) groups excluding carboxylic acids is 2. The normalized spacial score (nSPS) is 16.9. The first kappa shape index (κ1) is 21.1. The molecule has 2 amide bonds. The van der Waals surface area contributed by atoms with Crippen LogP contribution in [0.1, 0.15) is 34.1 Å². The van der Waals surface area contributed by atoms with Crippen LogP contribution in [0.4, 0.5) is 9.52 Å². The highest BCUT2D eigenvalue weighted by molar-refractivity contribution is 7.91. The molecule has 0 saturated carbocycles. The van der Waals surface area contributed by atoms with Crippen molar-refractivity contribution in [3.63, 3.8) is 0 Å². The lowest BCUT2D eigenvalue weighted by Crippen LogP contribution is -2.34. The maximum Gasteiger partial charge on any atom is 0.260 e. The smallest absolute Gasteiger partial charge is 0.260 e. The number of carbonyl (C=O) groups is 2. The Balaban J connectivity index is 1.40. The largest absolute Gasteiger partial charge is 0.349 e. The van der Waals surface area contributed by atoms with E-state index in [2.05, 4.69) is 15.6 Å². The standard InChI is InChI=1S/C21H18FN3O4S2/c22-16-7-3-1-5-14(16)20(27)25-21-23-13(12-30-21)11-19(26)24-17-9-10-31(28,29)18-8-4-2-6-15(17)18/h1-8,12,17H,9-11H2,(H,24,26)(H,23,25,27). The van der Waals surface area contributed by atoms with Crippen molar-refractivity contribution in [2.24, 2.45) is 0 Å². The number of thiazole rings is 1. The number of benzene rings is 2. The fourth-order valence-electron chi connectivity index (χ4n) is 3.41. The molecule has 1 aliphatic heterocycles. The van der Waals surface area contributed by atoms with Gasteiger partial charge >= 0.3 is 0 Å². The molecule has 1 atom stereocenters. The van der Waals surface area contributed by atoms with Crippen molar-refractivity contribution in [1.82, 2.24) is 10.3 Å². The van der Waals surface area contributed by atoms with Crippen LogP contribution in [-0.2, 0) is 21.1 Å². The Morgan fingerprint density at radius 3 is 2.68 bits per heavy atom. The molecular formula is C21H18FN3O4S2. The van der Waals surface area contributed by atoms with E-state index in [4.69, 9.17) is 0 Å². The van der Waals surface area contributed by atoms with Gasteiger partial charge in [-0.15, -0.1) is 11.3 Å². The molecule has 3 aromatic rings. The van der Waals surface area contributed by atoms with Gasteiger partial charge in [0, 0.05) is 5.38 Å². The van der Waals surface area contributed by atoms with Crippen molar-refractivity contribution in [2.45, 2.75) is 23.8 Å². The minimum Gasteiger partial charge on any atom is -0.349 e. The fraction of sp³-hybridized carbons (Fsp3) is 0.190. The Kier molecular flexibility index (Phi) is 5.84. The molecule has 0 aliphatic carbocycles. The summed E-state index contributed by atoms with van der Waals surface area (Å²) in [7, 11) is -3.33. The summed E-state index contributed by atoms with van der Waals surface area (Å²) in [5.41, 5.74) is 0.934. The van der Waals surface area contributed by atoms with Gasteiger partial charge in [0.25, 0.3) is 5.91 Å². The minimum absolute atomic E-state index is 0.0299. The molecule has 0 saturated heterocycles. The zero-order chi connectivity index (χ0) is 22.0. The third-order valence-electron chi connectivity index (χ3n) is 4.87. The van der Waals surface area contributed by atoms with E-state index in [1.807, 2.05) is 0 Å². The quantitative estimate of drug-likeness (QED) is 0.610. The number of aromatic nitrogens is 1. The fourth-order valence-corrected chi connectivity index (χ4v) is 5.73. The molecule has 1 aromatic heterocycles. The summed E-state index contributed by atoms with van der Waals surface area (Å²) < 4.78 is 38.2. The van der Waals surface area contributed by atoms with E-state index in [9.17, 15) is 22.4 Å². The number of rotatable bonds is 5. The highest BCUT2D eigenvalue weighted by Gasteiger charge is 2.30. The van der Waals surface area contributed by atoms with Crippen molar-refractivity contribution in [1.29, 1.82) is 0 Å². The van der Waals surface area contributed by atoms with Gasteiger partial charge < -0.3 is 5.32 Å². The molecule has 0 fully saturated rings. The van der Waals surface area contributed by atoms with Crippen molar-refractivity contribution in [2.75, 3.05) is 11.1 Å². The van der Waals surface area contributed by atoms with Crippen molar-refractivity contribution < 1.29 is 22.4 Å². The molecule has 31 heavy (non-hydrogen) atoms. The Hall–Kier alpha value is -3.11. The average Bonchev–Trinajstić information content (AvgIpc) is 3.17. The average molecular weight is 460 g/mol. The zero-order valence-electron chi connectivity index (χ0n) is 16.2. The molecule has 7 nitrogen and oxygen atoms in total. The van der Waals surface area contributed by atoms with Gasteiger partial charge in [-0.25, -0.2) is 17.8 Å². The van der Waals surface area contributed by atoms with E-state index in [0.717, 1.165) is 11.3 Å². The van der Waals surface area contributed by atoms with Crippen LogP contribution in [0.15, 0.2) is 58.8 Å². The summed E-state index contributed by atoms with van der Waals surface area (Å²) in [6, 6.07) is 11.9. The summed E-state index contributed by atoms with van der Waals surface area (Å²) in [5.74, 6) is -1.59. The van der Waals surface area contributed by atoms with Crippen LogP contribution < -0.4 is 10.6 Å². The predicted octanol–water partition coefficient (Wildman–Crippen LogP) is 3.11. The lowest BCUT2D eigenvalue weighted by molar-refractivity contribution is -0.121. The molecule has 2 heterocycles. The number of amides is 2. The number of hydrogen-bond donors (Lipinski definition) is 2. The summed E-state index contributed by atoms with van der Waals surface area (Å²) in [6.45, 7) is 0. The highest BCUT2D eigenvalue weighted by Crippen LogP contribution is 2.32. The van der Waals surface area contributed by atoms with Crippen molar-refractivity contribution in [3.8, 4) is 0 Å². The molecule has 2 N–H and O–H groups in total. The number of anilines is 1. The number of nitrogens with one attached hydrogen (secondary N) is 2. The minimum atomic E-state index is -3.33. The number of halogens is 1. The number of sulfone groups is 1.